The fourth-order valence-corrected chi connectivity index (χ4v) is 3.27. The van der Waals surface area contributed by atoms with Crippen LogP contribution in [0.4, 0.5) is 4.39 Å². The third kappa shape index (κ3) is 6.08. The second kappa shape index (κ2) is 9.30. The molecule has 1 aliphatic heterocycles. The van der Waals surface area contributed by atoms with Gasteiger partial charge in [0, 0.05) is 32.2 Å². The fourth-order valence-electron chi connectivity index (χ4n) is 3.27. The van der Waals surface area contributed by atoms with Gasteiger partial charge in [-0.1, -0.05) is 26.0 Å². The molecule has 0 radical (unpaired) electrons. The van der Waals surface area contributed by atoms with Gasteiger partial charge in [-0.3, -0.25) is 9.69 Å². The summed E-state index contributed by atoms with van der Waals surface area (Å²) in [6.07, 6.45) is 1.00. The van der Waals surface area contributed by atoms with Crippen LogP contribution in [0.1, 0.15) is 39.7 Å². The summed E-state index contributed by atoms with van der Waals surface area (Å²) in [6, 6.07) is 7.00. The van der Waals surface area contributed by atoms with Gasteiger partial charge < -0.3 is 9.64 Å². The molecule has 0 unspecified atom stereocenters. The molecule has 0 saturated carbocycles. The van der Waals surface area contributed by atoms with Crippen molar-refractivity contribution < 1.29 is 13.9 Å². The van der Waals surface area contributed by atoms with E-state index in [0.717, 1.165) is 38.2 Å². The van der Waals surface area contributed by atoms with Gasteiger partial charge in [-0.15, -0.1) is 0 Å². The van der Waals surface area contributed by atoms with Crippen LogP contribution in [0.5, 0.6) is 0 Å². The zero-order valence-electron chi connectivity index (χ0n) is 15.9. The number of carbonyl (C=O) groups excluding carboxylic acids is 1. The molecule has 2 rings (SSSR count). The van der Waals surface area contributed by atoms with Gasteiger partial charge in [0.15, 0.2) is 0 Å². The molecule has 1 fully saturated rings. The molecule has 0 aromatic heterocycles. The molecule has 25 heavy (non-hydrogen) atoms. The maximum Gasteiger partial charge on any atom is 0.248 e. The monoisotopic (exact) mass is 350 g/mol. The van der Waals surface area contributed by atoms with Crippen molar-refractivity contribution in [3.63, 3.8) is 0 Å². The summed E-state index contributed by atoms with van der Waals surface area (Å²) in [6.45, 7) is 11.6. The first-order chi connectivity index (χ1) is 11.9. The molecular weight excluding hydrogens is 319 g/mol. The second-order valence-electron chi connectivity index (χ2n) is 7.46. The molecular formula is C20H31FN2O2. The number of ether oxygens (including phenoxy) is 1. The summed E-state index contributed by atoms with van der Waals surface area (Å²) in [5.74, 6) is 0.296. The van der Waals surface area contributed by atoms with Crippen molar-refractivity contribution in [2.24, 2.45) is 5.92 Å². The first-order valence-corrected chi connectivity index (χ1v) is 9.24. The second-order valence-corrected chi connectivity index (χ2v) is 7.46. The molecule has 1 atom stereocenters. The summed E-state index contributed by atoms with van der Waals surface area (Å²) >= 11 is 0. The van der Waals surface area contributed by atoms with Crippen molar-refractivity contribution >= 4 is 5.91 Å². The number of benzene rings is 1. The number of halogens is 1. The van der Waals surface area contributed by atoms with Crippen LogP contribution in [-0.4, -0.2) is 54.1 Å². The lowest BCUT2D eigenvalue weighted by Crippen LogP contribution is -2.46. The van der Waals surface area contributed by atoms with E-state index in [1.54, 1.807) is 0 Å². The molecule has 1 heterocycles. The molecule has 0 spiro atoms. The zero-order valence-corrected chi connectivity index (χ0v) is 15.9. The van der Waals surface area contributed by atoms with Crippen LogP contribution >= 0.6 is 0 Å². The molecule has 1 saturated heterocycles. The Morgan fingerprint density at radius 1 is 1.20 bits per heavy atom. The minimum atomic E-state index is -0.207. The van der Waals surface area contributed by atoms with Crippen molar-refractivity contribution in [2.45, 2.75) is 52.8 Å². The number of rotatable bonds is 6. The van der Waals surface area contributed by atoms with Crippen molar-refractivity contribution in [1.82, 2.24) is 9.80 Å². The van der Waals surface area contributed by atoms with Crippen molar-refractivity contribution in [1.29, 1.82) is 0 Å². The Bertz CT molecular complexity index is 545. The van der Waals surface area contributed by atoms with Gasteiger partial charge in [-0.2, -0.15) is 0 Å². The van der Waals surface area contributed by atoms with Gasteiger partial charge in [-0.05, 0) is 43.9 Å². The lowest BCUT2D eigenvalue weighted by Gasteiger charge is -2.34. The average Bonchev–Trinajstić information content (AvgIpc) is 2.77. The van der Waals surface area contributed by atoms with Crippen LogP contribution in [0.25, 0.3) is 0 Å². The van der Waals surface area contributed by atoms with Gasteiger partial charge in [-0.25, -0.2) is 4.39 Å². The van der Waals surface area contributed by atoms with Crippen LogP contribution in [-0.2, 0) is 16.1 Å². The van der Waals surface area contributed by atoms with E-state index in [1.165, 1.54) is 12.1 Å². The van der Waals surface area contributed by atoms with E-state index < -0.39 is 0 Å². The third-order valence-electron chi connectivity index (χ3n) is 4.71. The highest BCUT2D eigenvalue weighted by atomic mass is 19.1. The lowest BCUT2D eigenvalue weighted by molar-refractivity contribution is -0.138. The van der Waals surface area contributed by atoms with E-state index in [9.17, 15) is 9.18 Å². The summed E-state index contributed by atoms with van der Waals surface area (Å²) in [4.78, 5) is 16.8. The van der Waals surface area contributed by atoms with Gasteiger partial charge in [0.05, 0.1) is 6.10 Å². The molecule has 1 aromatic carbocycles. The normalized spacial score (nSPS) is 19.5. The molecule has 0 bridgehead atoms. The highest BCUT2D eigenvalue weighted by Crippen LogP contribution is 2.20. The van der Waals surface area contributed by atoms with Crippen LogP contribution < -0.4 is 0 Å². The number of nitrogens with zero attached hydrogens (tertiary/aromatic N) is 2. The Labute approximate surface area is 150 Å². The number of hydrogen-bond acceptors (Lipinski definition) is 3. The zero-order chi connectivity index (χ0) is 18.4. The maximum absolute atomic E-state index is 13.1. The summed E-state index contributed by atoms with van der Waals surface area (Å²) in [7, 11) is 0. The Hall–Kier alpha value is -1.46. The van der Waals surface area contributed by atoms with Crippen molar-refractivity contribution in [3.8, 4) is 0 Å². The Kier molecular flexibility index (Phi) is 7.38. The molecule has 0 N–H and O–H groups in total. The molecule has 1 aliphatic rings. The van der Waals surface area contributed by atoms with Crippen molar-refractivity contribution in [3.05, 3.63) is 35.6 Å². The van der Waals surface area contributed by atoms with E-state index in [1.807, 2.05) is 30.9 Å². The number of carbonyl (C=O) groups is 1. The van der Waals surface area contributed by atoms with Gasteiger partial charge in [0.2, 0.25) is 5.91 Å². The SMILES string of the molecule is CC(C)OCC(=O)N1CCCN(Cc2ccc(F)cc2)[C@@H](C(C)C)C1. The highest BCUT2D eigenvalue weighted by Gasteiger charge is 2.29. The summed E-state index contributed by atoms with van der Waals surface area (Å²) in [5, 5.41) is 0. The Balaban J connectivity index is 2.04. The third-order valence-corrected chi connectivity index (χ3v) is 4.71. The topological polar surface area (TPSA) is 32.8 Å². The molecule has 0 aliphatic carbocycles. The first kappa shape index (κ1) is 19.9. The minimum absolute atomic E-state index is 0.0619. The minimum Gasteiger partial charge on any atom is -0.369 e. The van der Waals surface area contributed by atoms with Gasteiger partial charge in [0.25, 0.3) is 0 Å². The lowest BCUT2D eigenvalue weighted by atomic mass is 10.0. The molecule has 4 nitrogen and oxygen atoms in total. The van der Waals surface area contributed by atoms with Gasteiger partial charge in [0.1, 0.15) is 12.4 Å². The Morgan fingerprint density at radius 3 is 2.48 bits per heavy atom. The summed E-state index contributed by atoms with van der Waals surface area (Å²) in [5.41, 5.74) is 1.11. The van der Waals surface area contributed by atoms with Crippen molar-refractivity contribution in [2.75, 3.05) is 26.2 Å². The highest BCUT2D eigenvalue weighted by molar-refractivity contribution is 5.77. The predicted molar refractivity (Wildman–Crippen MR) is 97.7 cm³/mol. The van der Waals surface area contributed by atoms with Crippen LogP contribution in [0.3, 0.4) is 0 Å². The molecule has 5 heteroatoms. The first-order valence-electron chi connectivity index (χ1n) is 9.24. The maximum atomic E-state index is 13.1. The fraction of sp³-hybridized carbons (Fsp3) is 0.650. The van der Waals surface area contributed by atoms with E-state index in [4.69, 9.17) is 4.74 Å². The standard InChI is InChI=1S/C20H31FN2O2/c1-15(2)19-13-23(20(24)14-25-16(3)4)11-5-10-22(19)12-17-6-8-18(21)9-7-17/h6-9,15-16,19H,5,10-14H2,1-4H3/t19-/m1/s1. The largest absolute Gasteiger partial charge is 0.369 e. The average molecular weight is 350 g/mol. The molecule has 140 valence electrons. The van der Waals surface area contributed by atoms with E-state index in [0.29, 0.717) is 5.92 Å². The van der Waals surface area contributed by atoms with Crippen LogP contribution in [0, 0.1) is 11.7 Å². The molecule has 1 aromatic rings. The predicted octanol–water partition coefficient (Wildman–Crippen LogP) is 3.31. The van der Waals surface area contributed by atoms with E-state index >= 15 is 0 Å². The van der Waals surface area contributed by atoms with Crippen LogP contribution in [0.15, 0.2) is 24.3 Å². The van der Waals surface area contributed by atoms with E-state index in [-0.39, 0.29) is 30.5 Å². The van der Waals surface area contributed by atoms with Crippen LogP contribution in [0.2, 0.25) is 0 Å². The van der Waals surface area contributed by atoms with Gasteiger partial charge >= 0.3 is 0 Å². The number of amides is 1. The smallest absolute Gasteiger partial charge is 0.248 e. The number of hydrogen-bond donors (Lipinski definition) is 0. The molecule has 1 amide bonds. The Morgan fingerprint density at radius 2 is 1.88 bits per heavy atom. The van der Waals surface area contributed by atoms with E-state index in [2.05, 4.69) is 18.7 Å². The summed E-state index contributed by atoms with van der Waals surface area (Å²) < 4.78 is 18.6. The quantitative estimate of drug-likeness (QED) is 0.789.